The molecule has 2 rings (SSSR count). The number of hydrogen-bond donors (Lipinski definition) is 1. The number of ether oxygens (including phenoxy) is 1. The molecule has 0 saturated carbocycles. The van der Waals surface area contributed by atoms with E-state index in [1.165, 1.54) is 11.3 Å². The molecular weight excluding hydrogens is 238 g/mol. The van der Waals surface area contributed by atoms with Gasteiger partial charge in [-0.15, -0.1) is 11.3 Å². The minimum atomic E-state index is -0.893. The molecule has 17 heavy (non-hydrogen) atoms. The Morgan fingerprint density at radius 1 is 1.24 bits per heavy atom. The molecular formula is C12H11NO3S. The lowest BCUT2D eigenvalue weighted by atomic mass is 10.3. The predicted octanol–water partition coefficient (Wildman–Crippen LogP) is 2.56. The Morgan fingerprint density at radius 3 is 2.65 bits per heavy atom. The van der Waals surface area contributed by atoms with Crippen molar-refractivity contribution in [1.29, 1.82) is 0 Å². The van der Waals surface area contributed by atoms with Crippen LogP contribution in [0.2, 0.25) is 0 Å². The van der Waals surface area contributed by atoms with Crippen molar-refractivity contribution >= 4 is 17.3 Å². The van der Waals surface area contributed by atoms with Gasteiger partial charge in [-0.05, 0) is 29.8 Å². The maximum absolute atomic E-state index is 10.7. The highest BCUT2D eigenvalue weighted by atomic mass is 32.1. The van der Waals surface area contributed by atoms with E-state index >= 15 is 0 Å². The topological polar surface area (TPSA) is 59.4 Å². The van der Waals surface area contributed by atoms with Gasteiger partial charge in [-0.25, -0.2) is 4.79 Å². The summed E-state index contributed by atoms with van der Waals surface area (Å²) in [6.45, 7) is 0.934. The number of carboxylic acids is 1. The molecule has 2 heterocycles. The maximum atomic E-state index is 10.7. The van der Waals surface area contributed by atoms with Gasteiger partial charge >= 0.3 is 5.97 Å². The van der Waals surface area contributed by atoms with Crippen LogP contribution in [0.5, 0.6) is 0 Å². The highest BCUT2D eigenvalue weighted by molar-refractivity contribution is 7.13. The lowest BCUT2D eigenvalue weighted by molar-refractivity contribution is 0.0702. The van der Waals surface area contributed by atoms with Crippen LogP contribution >= 0.6 is 11.3 Å². The number of pyridine rings is 1. The SMILES string of the molecule is O=C(O)c1ccc(COCc2ccncc2)s1. The fourth-order valence-electron chi connectivity index (χ4n) is 1.32. The van der Waals surface area contributed by atoms with Gasteiger partial charge in [0.1, 0.15) is 4.88 Å². The molecule has 0 fully saturated rings. The van der Waals surface area contributed by atoms with Crippen molar-refractivity contribution in [3.8, 4) is 0 Å². The van der Waals surface area contributed by atoms with Gasteiger partial charge in [0.15, 0.2) is 0 Å². The number of carboxylic acid groups (broad SMARTS) is 1. The quantitative estimate of drug-likeness (QED) is 0.884. The van der Waals surface area contributed by atoms with E-state index < -0.39 is 5.97 Å². The van der Waals surface area contributed by atoms with E-state index in [1.807, 2.05) is 12.1 Å². The number of carbonyl (C=O) groups is 1. The molecule has 2 aromatic rings. The average molecular weight is 249 g/mol. The largest absolute Gasteiger partial charge is 0.477 e. The van der Waals surface area contributed by atoms with Crippen molar-refractivity contribution in [1.82, 2.24) is 4.98 Å². The number of aromatic nitrogens is 1. The van der Waals surface area contributed by atoms with Gasteiger partial charge in [-0.3, -0.25) is 4.98 Å². The third-order valence-corrected chi connectivity index (χ3v) is 3.18. The molecule has 0 aliphatic rings. The van der Waals surface area contributed by atoms with Crippen LogP contribution in [-0.4, -0.2) is 16.1 Å². The number of rotatable bonds is 5. The lowest BCUT2D eigenvalue weighted by Crippen LogP contribution is -1.92. The standard InChI is InChI=1S/C12H11NO3S/c14-12(15)11-2-1-10(17-11)8-16-7-9-3-5-13-6-4-9/h1-6H,7-8H2,(H,14,15). The number of nitrogens with zero attached hydrogens (tertiary/aromatic N) is 1. The summed E-state index contributed by atoms with van der Waals surface area (Å²) in [7, 11) is 0. The molecule has 0 aliphatic carbocycles. The van der Waals surface area contributed by atoms with Crippen LogP contribution in [0.25, 0.3) is 0 Å². The van der Waals surface area contributed by atoms with E-state index in [0.29, 0.717) is 18.1 Å². The molecule has 0 saturated heterocycles. The van der Waals surface area contributed by atoms with E-state index in [4.69, 9.17) is 9.84 Å². The highest BCUT2D eigenvalue weighted by Gasteiger charge is 2.06. The van der Waals surface area contributed by atoms with Crippen LogP contribution in [-0.2, 0) is 18.0 Å². The van der Waals surface area contributed by atoms with Gasteiger partial charge in [0.25, 0.3) is 0 Å². The third-order valence-electron chi connectivity index (χ3n) is 2.13. The number of hydrogen-bond acceptors (Lipinski definition) is 4. The summed E-state index contributed by atoms with van der Waals surface area (Å²) < 4.78 is 5.49. The minimum Gasteiger partial charge on any atom is -0.477 e. The molecule has 0 spiro atoms. The van der Waals surface area contributed by atoms with Crippen molar-refractivity contribution in [2.45, 2.75) is 13.2 Å². The molecule has 0 bridgehead atoms. The van der Waals surface area contributed by atoms with Crippen molar-refractivity contribution in [2.24, 2.45) is 0 Å². The molecule has 0 aromatic carbocycles. The zero-order valence-corrected chi connectivity index (χ0v) is 9.81. The van der Waals surface area contributed by atoms with E-state index in [-0.39, 0.29) is 0 Å². The Labute approximate surface area is 103 Å². The van der Waals surface area contributed by atoms with E-state index in [1.54, 1.807) is 24.5 Å². The zero-order valence-electron chi connectivity index (χ0n) is 9.00. The molecule has 0 radical (unpaired) electrons. The third kappa shape index (κ3) is 3.37. The second-order valence-corrected chi connectivity index (χ2v) is 4.59. The maximum Gasteiger partial charge on any atom is 0.345 e. The summed E-state index contributed by atoms with van der Waals surface area (Å²) in [6.07, 6.45) is 3.43. The molecule has 2 aromatic heterocycles. The minimum absolute atomic E-state index is 0.340. The Morgan fingerprint density at radius 2 is 2.00 bits per heavy atom. The first kappa shape index (κ1) is 11.8. The monoisotopic (exact) mass is 249 g/mol. The fraction of sp³-hybridized carbons (Fsp3) is 0.167. The average Bonchev–Trinajstić information content (AvgIpc) is 2.79. The van der Waals surface area contributed by atoms with E-state index in [9.17, 15) is 4.79 Å². The Bertz CT molecular complexity index is 495. The number of aromatic carboxylic acids is 1. The molecule has 0 unspecified atom stereocenters. The van der Waals surface area contributed by atoms with Gasteiger partial charge in [-0.2, -0.15) is 0 Å². The van der Waals surface area contributed by atoms with Gasteiger partial charge in [0, 0.05) is 17.3 Å². The number of thiophene rings is 1. The van der Waals surface area contributed by atoms with E-state index in [2.05, 4.69) is 4.98 Å². The Kier molecular flexibility index (Phi) is 3.85. The highest BCUT2D eigenvalue weighted by Crippen LogP contribution is 2.17. The Balaban J connectivity index is 1.84. The van der Waals surface area contributed by atoms with Crippen LogP contribution in [0.15, 0.2) is 36.7 Å². The molecule has 0 amide bonds. The zero-order chi connectivity index (χ0) is 12.1. The summed E-state index contributed by atoms with van der Waals surface area (Å²) in [5.41, 5.74) is 1.05. The summed E-state index contributed by atoms with van der Waals surface area (Å²) in [5, 5.41) is 8.76. The van der Waals surface area contributed by atoms with Gasteiger partial charge in [-0.1, -0.05) is 0 Å². The first-order valence-electron chi connectivity index (χ1n) is 5.04. The molecule has 0 atom stereocenters. The lowest BCUT2D eigenvalue weighted by Gasteiger charge is -2.01. The van der Waals surface area contributed by atoms with E-state index in [0.717, 1.165) is 10.4 Å². The summed E-state index contributed by atoms with van der Waals surface area (Å²) in [4.78, 5) is 15.8. The summed E-state index contributed by atoms with van der Waals surface area (Å²) >= 11 is 1.24. The van der Waals surface area contributed by atoms with Crippen LogP contribution in [0, 0.1) is 0 Å². The predicted molar refractivity (Wildman–Crippen MR) is 64.0 cm³/mol. The molecule has 5 heteroatoms. The van der Waals surface area contributed by atoms with Crippen molar-refractivity contribution in [3.05, 3.63) is 52.0 Å². The smallest absolute Gasteiger partial charge is 0.345 e. The summed E-state index contributed by atoms with van der Waals surface area (Å²) in [5.74, 6) is -0.893. The molecule has 4 nitrogen and oxygen atoms in total. The van der Waals surface area contributed by atoms with Crippen LogP contribution in [0.1, 0.15) is 20.1 Å². The van der Waals surface area contributed by atoms with Crippen molar-refractivity contribution in [3.63, 3.8) is 0 Å². The van der Waals surface area contributed by atoms with Crippen molar-refractivity contribution < 1.29 is 14.6 Å². The van der Waals surface area contributed by atoms with Crippen LogP contribution < -0.4 is 0 Å². The Hall–Kier alpha value is -1.72. The van der Waals surface area contributed by atoms with Gasteiger partial charge < -0.3 is 9.84 Å². The van der Waals surface area contributed by atoms with Gasteiger partial charge in [0.2, 0.25) is 0 Å². The summed E-state index contributed by atoms with van der Waals surface area (Å²) in [6, 6.07) is 7.15. The molecule has 88 valence electrons. The molecule has 0 aliphatic heterocycles. The van der Waals surface area contributed by atoms with Crippen LogP contribution in [0.4, 0.5) is 0 Å². The normalized spacial score (nSPS) is 10.4. The second-order valence-electron chi connectivity index (χ2n) is 3.42. The van der Waals surface area contributed by atoms with Crippen LogP contribution in [0.3, 0.4) is 0 Å². The second kappa shape index (κ2) is 5.56. The first-order chi connectivity index (χ1) is 8.25. The van der Waals surface area contributed by atoms with Crippen molar-refractivity contribution in [2.75, 3.05) is 0 Å². The fourth-order valence-corrected chi connectivity index (χ4v) is 2.10. The molecule has 1 N–H and O–H groups in total. The first-order valence-corrected chi connectivity index (χ1v) is 5.86. The van der Waals surface area contributed by atoms with Gasteiger partial charge in [0.05, 0.1) is 13.2 Å².